The molecule has 0 unspecified atom stereocenters. The number of anilines is 1. The minimum absolute atomic E-state index is 0.420. The topological polar surface area (TPSA) is 71.1 Å². The van der Waals surface area contributed by atoms with Crippen LogP contribution < -0.4 is 4.90 Å². The molecule has 0 radical (unpaired) electrons. The summed E-state index contributed by atoms with van der Waals surface area (Å²) < 4.78 is 5.44. The molecular weight excluding hydrogens is 376 g/mol. The number of rotatable bonds is 3. The van der Waals surface area contributed by atoms with Gasteiger partial charge in [-0.3, -0.25) is 4.79 Å². The summed E-state index contributed by atoms with van der Waals surface area (Å²) in [6.07, 6.45) is 2.52. The highest BCUT2D eigenvalue weighted by Crippen LogP contribution is 2.32. The molecule has 4 heterocycles. The number of pyridine rings is 2. The van der Waals surface area contributed by atoms with Crippen LogP contribution in [0.2, 0.25) is 5.15 Å². The van der Waals surface area contributed by atoms with E-state index in [0.717, 1.165) is 65.8 Å². The first-order chi connectivity index (χ1) is 13.7. The van der Waals surface area contributed by atoms with Gasteiger partial charge in [-0.05, 0) is 36.4 Å². The van der Waals surface area contributed by atoms with Gasteiger partial charge >= 0.3 is 0 Å². The van der Waals surface area contributed by atoms with Crippen molar-refractivity contribution in [1.82, 2.24) is 15.0 Å². The Morgan fingerprint density at radius 1 is 1.14 bits per heavy atom. The van der Waals surface area contributed by atoms with Crippen LogP contribution in [0.3, 0.4) is 0 Å². The molecule has 6 nitrogen and oxygen atoms in total. The highest BCUT2D eigenvalue weighted by Gasteiger charge is 2.16. The molecule has 0 aliphatic carbocycles. The summed E-state index contributed by atoms with van der Waals surface area (Å²) in [5.41, 5.74) is 5.69. The van der Waals surface area contributed by atoms with Crippen LogP contribution in [0.15, 0.2) is 42.6 Å². The molecule has 3 aromatic heterocycles. The molecule has 0 amide bonds. The maximum atomic E-state index is 11.7. The molecule has 140 valence electrons. The summed E-state index contributed by atoms with van der Waals surface area (Å²) in [6, 6.07) is 11.6. The van der Waals surface area contributed by atoms with Gasteiger partial charge < -0.3 is 14.6 Å². The molecule has 0 spiro atoms. The van der Waals surface area contributed by atoms with E-state index in [1.807, 2.05) is 6.07 Å². The summed E-state index contributed by atoms with van der Waals surface area (Å²) in [5.74, 6) is 0. The molecule has 28 heavy (non-hydrogen) atoms. The number of halogens is 1. The van der Waals surface area contributed by atoms with Crippen LogP contribution in [-0.2, 0) is 4.74 Å². The zero-order valence-electron chi connectivity index (χ0n) is 15.0. The van der Waals surface area contributed by atoms with E-state index in [1.165, 1.54) is 0 Å². The summed E-state index contributed by atoms with van der Waals surface area (Å²) in [4.78, 5) is 26.3. The molecule has 1 saturated heterocycles. The second-order valence-corrected chi connectivity index (χ2v) is 7.15. The third-order valence-corrected chi connectivity index (χ3v) is 5.32. The molecule has 0 bridgehead atoms. The van der Waals surface area contributed by atoms with Gasteiger partial charge in [0, 0.05) is 41.5 Å². The third-order valence-electron chi connectivity index (χ3n) is 5.09. The first-order valence-corrected chi connectivity index (χ1v) is 9.47. The molecule has 1 aliphatic rings. The standard InChI is InChI=1S/C21H17ClN4O2/c22-19-4-1-13(11-23-19)17-9-14(12-27)20-21(24-17)16-3-2-15(10-18(16)25-20)26-5-7-28-8-6-26/h1-4,9-12,25H,5-8H2. The van der Waals surface area contributed by atoms with Crippen molar-refractivity contribution in [2.24, 2.45) is 0 Å². The fourth-order valence-corrected chi connectivity index (χ4v) is 3.77. The van der Waals surface area contributed by atoms with Crippen LogP contribution >= 0.6 is 11.6 Å². The van der Waals surface area contributed by atoms with Gasteiger partial charge in [-0.1, -0.05) is 11.6 Å². The monoisotopic (exact) mass is 392 g/mol. The first-order valence-electron chi connectivity index (χ1n) is 9.09. The predicted molar refractivity (Wildman–Crippen MR) is 110 cm³/mol. The van der Waals surface area contributed by atoms with E-state index in [-0.39, 0.29) is 0 Å². The number of morpholine rings is 1. The second kappa shape index (κ2) is 6.89. The maximum absolute atomic E-state index is 11.7. The number of carbonyl (C=O) groups excluding carboxylic acids is 1. The lowest BCUT2D eigenvalue weighted by Crippen LogP contribution is -2.36. The van der Waals surface area contributed by atoms with Gasteiger partial charge in [-0.15, -0.1) is 0 Å². The normalized spacial score (nSPS) is 14.7. The number of carbonyl (C=O) groups is 1. The highest BCUT2D eigenvalue weighted by molar-refractivity contribution is 6.29. The van der Waals surface area contributed by atoms with Gasteiger partial charge in [-0.2, -0.15) is 0 Å². The molecule has 7 heteroatoms. The van der Waals surface area contributed by atoms with Gasteiger partial charge in [0.05, 0.1) is 35.5 Å². The van der Waals surface area contributed by atoms with E-state index in [2.05, 4.69) is 33.1 Å². The Morgan fingerprint density at radius 3 is 2.75 bits per heavy atom. The van der Waals surface area contributed by atoms with E-state index in [4.69, 9.17) is 21.3 Å². The van der Waals surface area contributed by atoms with Crippen molar-refractivity contribution >= 4 is 45.5 Å². The average Bonchev–Trinajstić information content (AvgIpc) is 3.12. The Kier molecular flexibility index (Phi) is 4.22. The average molecular weight is 393 g/mol. The molecule has 1 N–H and O–H groups in total. The molecule has 5 rings (SSSR count). The van der Waals surface area contributed by atoms with Crippen LogP contribution in [-0.4, -0.2) is 47.5 Å². The number of ether oxygens (including phenoxy) is 1. The molecule has 1 fully saturated rings. The lowest BCUT2D eigenvalue weighted by molar-refractivity contribution is 0.112. The molecule has 0 saturated carbocycles. The number of hydrogen-bond acceptors (Lipinski definition) is 5. The predicted octanol–water partition coefficient (Wildman–Crippen LogP) is 4.08. The number of nitrogens with zero attached hydrogens (tertiary/aromatic N) is 3. The fraction of sp³-hybridized carbons (Fsp3) is 0.190. The molecular formula is C21H17ClN4O2. The van der Waals surface area contributed by atoms with Crippen LogP contribution in [0, 0.1) is 0 Å². The quantitative estimate of drug-likeness (QED) is 0.420. The van der Waals surface area contributed by atoms with Crippen molar-refractivity contribution in [3.05, 3.63) is 53.3 Å². The summed E-state index contributed by atoms with van der Waals surface area (Å²) >= 11 is 5.89. The number of hydrogen-bond donors (Lipinski definition) is 1. The van der Waals surface area contributed by atoms with Crippen molar-refractivity contribution in [3.8, 4) is 11.3 Å². The van der Waals surface area contributed by atoms with E-state index in [0.29, 0.717) is 16.4 Å². The molecule has 1 aliphatic heterocycles. The maximum Gasteiger partial charge on any atom is 0.152 e. The van der Waals surface area contributed by atoms with Gasteiger partial charge in [0.15, 0.2) is 6.29 Å². The van der Waals surface area contributed by atoms with Crippen LogP contribution in [0.1, 0.15) is 10.4 Å². The van der Waals surface area contributed by atoms with E-state index >= 15 is 0 Å². The summed E-state index contributed by atoms with van der Waals surface area (Å²) in [7, 11) is 0. The van der Waals surface area contributed by atoms with Crippen LogP contribution in [0.4, 0.5) is 5.69 Å². The summed E-state index contributed by atoms with van der Waals surface area (Å²) in [5, 5.41) is 1.40. The smallest absolute Gasteiger partial charge is 0.152 e. The SMILES string of the molecule is O=Cc1cc(-c2ccc(Cl)nc2)nc2c1[nH]c1cc(N3CCOCC3)ccc12. The molecule has 1 aromatic carbocycles. The summed E-state index contributed by atoms with van der Waals surface area (Å²) in [6.45, 7) is 3.22. The number of aldehydes is 1. The Labute approximate surface area is 166 Å². The fourth-order valence-electron chi connectivity index (χ4n) is 3.65. The number of aromatic amines is 1. The molecule has 4 aromatic rings. The van der Waals surface area contributed by atoms with Gasteiger partial charge in [0.2, 0.25) is 0 Å². The number of H-pyrrole nitrogens is 1. The minimum Gasteiger partial charge on any atom is -0.378 e. The number of nitrogens with one attached hydrogen (secondary N) is 1. The van der Waals surface area contributed by atoms with Gasteiger partial charge in [-0.25, -0.2) is 9.97 Å². The molecule has 0 atom stereocenters. The first kappa shape index (κ1) is 17.2. The third kappa shape index (κ3) is 2.91. The van der Waals surface area contributed by atoms with E-state index in [1.54, 1.807) is 18.3 Å². The van der Waals surface area contributed by atoms with Gasteiger partial charge in [0.1, 0.15) is 5.15 Å². The van der Waals surface area contributed by atoms with Crippen molar-refractivity contribution in [2.75, 3.05) is 31.2 Å². The van der Waals surface area contributed by atoms with Crippen LogP contribution in [0.25, 0.3) is 33.2 Å². The zero-order valence-corrected chi connectivity index (χ0v) is 15.7. The number of benzene rings is 1. The Balaban J connectivity index is 1.67. The lowest BCUT2D eigenvalue weighted by atomic mass is 10.1. The number of aromatic nitrogens is 3. The Bertz CT molecular complexity index is 1180. The van der Waals surface area contributed by atoms with E-state index < -0.39 is 0 Å². The Hall–Kier alpha value is -2.96. The Morgan fingerprint density at radius 2 is 2.00 bits per heavy atom. The largest absolute Gasteiger partial charge is 0.378 e. The lowest BCUT2D eigenvalue weighted by Gasteiger charge is -2.28. The zero-order chi connectivity index (χ0) is 19.1. The second-order valence-electron chi connectivity index (χ2n) is 6.76. The van der Waals surface area contributed by atoms with Crippen LogP contribution in [0.5, 0.6) is 0 Å². The number of fused-ring (bicyclic) bond motifs is 3. The van der Waals surface area contributed by atoms with E-state index in [9.17, 15) is 4.79 Å². The van der Waals surface area contributed by atoms with Gasteiger partial charge in [0.25, 0.3) is 0 Å². The van der Waals surface area contributed by atoms with Crippen molar-refractivity contribution in [1.29, 1.82) is 0 Å². The van der Waals surface area contributed by atoms with Crippen molar-refractivity contribution < 1.29 is 9.53 Å². The van der Waals surface area contributed by atoms with Crippen molar-refractivity contribution in [3.63, 3.8) is 0 Å². The van der Waals surface area contributed by atoms with Crippen molar-refractivity contribution in [2.45, 2.75) is 0 Å². The highest BCUT2D eigenvalue weighted by atomic mass is 35.5. The minimum atomic E-state index is 0.420.